The van der Waals surface area contributed by atoms with Gasteiger partial charge in [-0.3, -0.25) is 0 Å². The van der Waals surface area contributed by atoms with Crippen molar-refractivity contribution in [2.24, 2.45) is 0 Å². The average Bonchev–Trinajstić information content (AvgIpc) is 2.15. The molecule has 0 N–H and O–H groups in total. The molecule has 0 aromatic heterocycles. The van der Waals surface area contributed by atoms with Gasteiger partial charge >= 0.3 is 0 Å². The van der Waals surface area contributed by atoms with E-state index in [1.807, 2.05) is 26.8 Å². The van der Waals surface area contributed by atoms with Crippen molar-refractivity contribution in [3.63, 3.8) is 0 Å². The highest BCUT2D eigenvalue weighted by Gasteiger charge is 2.09. The van der Waals surface area contributed by atoms with E-state index < -0.39 is 0 Å². The van der Waals surface area contributed by atoms with Crippen LogP contribution in [0.4, 0.5) is 0 Å². The van der Waals surface area contributed by atoms with Gasteiger partial charge in [-0.15, -0.1) is 0 Å². The first kappa shape index (κ1) is 7.19. The van der Waals surface area contributed by atoms with E-state index in [0.29, 0.717) is 6.79 Å². The van der Waals surface area contributed by atoms with Crippen LogP contribution in [0.2, 0.25) is 0 Å². The molecule has 0 amide bonds. The van der Waals surface area contributed by atoms with Crippen molar-refractivity contribution in [2.45, 2.75) is 20.8 Å². The van der Waals surface area contributed by atoms with Gasteiger partial charge in [0.05, 0.1) is 0 Å². The lowest BCUT2D eigenvalue weighted by Gasteiger charge is -1.93. The number of hydrogen-bond donors (Lipinski definition) is 0. The van der Waals surface area contributed by atoms with Crippen LogP contribution in [0.3, 0.4) is 0 Å². The fourth-order valence-corrected chi connectivity index (χ4v) is 0.760. The van der Waals surface area contributed by atoms with E-state index in [4.69, 9.17) is 9.47 Å². The molecule has 0 aromatic carbocycles. The van der Waals surface area contributed by atoms with Gasteiger partial charge in [0, 0.05) is 0 Å². The first-order chi connectivity index (χ1) is 4.70. The Labute approximate surface area is 61.1 Å². The van der Waals surface area contributed by atoms with Crippen molar-refractivity contribution in [3.8, 4) is 0 Å². The molecule has 1 aliphatic rings. The topological polar surface area (TPSA) is 18.5 Å². The molecule has 56 valence electrons. The molecule has 0 fully saturated rings. The predicted octanol–water partition coefficient (Wildman–Crippen LogP) is 2.19. The molecule has 0 atom stereocenters. The average molecular weight is 140 g/mol. The fourth-order valence-electron chi connectivity index (χ4n) is 0.760. The van der Waals surface area contributed by atoms with E-state index >= 15 is 0 Å². The van der Waals surface area contributed by atoms with Crippen LogP contribution >= 0.6 is 0 Å². The summed E-state index contributed by atoms with van der Waals surface area (Å²) in [6, 6.07) is 0. The highest BCUT2D eigenvalue weighted by Crippen LogP contribution is 2.17. The molecule has 0 saturated carbocycles. The summed E-state index contributed by atoms with van der Waals surface area (Å²) in [5, 5.41) is 0. The van der Waals surface area contributed by atoms with Gasteiger partial charge < -0.3 is 9.47 Å². The van der Waals surface area contributed by atoms with Gasteiger partial charge in [-0.2, -0.15) is 0 Å². The Bertz CT molecular complexity index is 185. The van der Waals surface area contributed by atoms with Gasteiger partial charge in [0.15, 0.2) is 5.76 Å². The summed E-state index contributed by atoms with van der Waals surface area (Å²) in [6.45, 7) is 6.33. The molecule has 0 unspecified atom stereocenters. The Morgan fingerprint density at radius 3 is 2.50 bits per heavy atom. The molecule has 2 heteroatoms. The molecule has 2 nitrogen and oxygen atoms in total. The molecule has 0 aliphatic carbocycles. The van der Waals surface area contributed by atoms with Crippen molar-refractivity contribution in [1.82, 2.24) is 0 Å². The molecular formula is C8H12O2. The van der Waals surface area contributed by atoms with E-state index in [1.165, 1.54) is 5.57 Å². The molecule has 1 rings (SSSR count). The molecule has 10 heavy (non-hydrogen) atoms. The van der Waals surface area contributed by atoms with Gasteiger partial charge in [-0.25, -0.2) is 0 Å². The fraction of sp³-hybridized carbons (Fsp3) is 0.500. The smallest absolute Gasteiger partial charge is 0.230 e. The second-order valence-electron chi connectivity index (χ2n) is 2.55. The van der Waals surface area contributed by atoms with Crippen molar-refractivity contribution >= 4 is 0 Å². The minimum Gasteiger partial charge on any atom is -0.458 e. The standard InChI is InChI=1S/C8H12O2/c1-6(2)4-8-7(3)9-5-10-8/h4H,5H2,1-3H3. The van der Waals surface area contributed by atoms with Crippen molar-refractivity contribution in [3.05, 3.63) is 23.2 Å². The van der Waals surface area contributed by atoms with Gasteiger partial charge in [0.2, 0.25) is 6.79 Å². The zero-order valence-corrected chi connectivity index (χ0v) is 6.60. The van der Waals surface area contributed by atoms with Crippen LogP contribution in [0.1, 0.15) is 20.8 Å². The third kappa shape index (κ3) is 1.53. The summed E-state index contributed by atoms with van der Waals surface area (Å²) in [5.41, 5.74) is 1.22. The summed E-state index contributed by atoms with van der Waals surface area (Å²) in [6.07, 6.45) is 1.97. The van der Waals surface area contributed by atoms with Crippen LogP contribution in [-0.2, 0) is 9.47 Å². The predicted molar refractivity (Wildman–Crippen MR) is 39.2 cm³/mol. The van der Waals surface area contributed by atoms with Crippen LogP contribution in [0.15, 0.2) is 23.2 Å². The minimum absolute atomic E-state index is 0.366. The quantitative estimate of drug-likeness (QED) is 0.555. The molecule has 0 radical (unpaired) electrons. The number of hydrogen-bond acceptors (Lipinski definition) is 2. The first-order valence-corrected chi connectivity index (χ1v) is 3.31. The maximum absolute atomic E-state index is 5.16. The molecule has 0 aromatic rings. The molecular weight excluding hydrogens is 128 g/mol. The van der Waals surface area contributed by atoms with E-state index in [1.54, 1.807) is 0 Å². The SMILES string of the molecule is CC(C)=CC1=C(C)OCO1. The summed E-state index contributed by atoms with van der Waals surface area (Å²) in [5.74, 6) is 1.74. The summed E-state index contributed by atoms with van der Waals surface area (Å²) >= 11 is 0. The van der Waals surface area contributed by atoms with Gasteiger partial charge in [0.1, 0.15) is 5.76 Å². The van der Waals surface area contributed by atoms with Crippen LogP contribution < -0.4 is 0 Å². The summed E-state index contributed by atoms with van der Waals surface area (Å²) in [4.78, 5) is 0. The zero-order valence-electron chi connectivity index (χ0n) is 6.60. The van der Waals surface area contributed by atoms with E-state index in [-0.39, 0.29) is 0 Å². The van der Waals surface area contributed by atoms with Gasteiger partial charge in [-0.1, -0.05) is 5.57 Å². The lowest BCUT2D eigenvalue weighted by molar-refractivity contribution is 0.0749. The van der Waals surface area contributed by atoms with Gasteiger partial charge in [0.25, 0.3) is 0 Å². The van der Waals surface area contributed by atoms with Crippen molar-refractivity contribution in [2.75, 3.05) is 6.79 Å². The second-order valence-corrected chi connectivity index (χ2v) is 2.55. The van der Waals surface area contributed by atoms with E-state index in [0.717, 1.165) is 11.5 Å². The third-order valence-corrected chi connectivity index (χ3v) is 1.26. The lowest BCUT2D eigenvalue weighted by atomic mass is 10.3. The Balaban J connectivity index is 2.72. The van der Waals surface area contributed by atoms with Crippen molar-refractivity contribution < 1.29 is 9.47 Å². The van der Waals surface area contributed by atoms with Gasteiger partial charge in [-0.05, 0) is 26.8 Å². The van der Waals surface area contributed by atoms with Crippen molar-refractivity contribution in [1.29, 1.82) is 0 Å². The summed E-state index contributed by atoms with van der Waals surface area (Å²) in [7, 11) is 0. The van der Waals surface area contributed by atoms with E-state index in [2.05, 4.69) is 0 Å². The second kappa shape index (κ2) is 2.78. The first-order valence-electron chi connectivity index (χ1n) is 3.31. The maximum atomic E-state index is 5.16. The number of allylic oxidation sites excluding steroid dienone is 3. The van der Waals surface area contributed by atoms with E-state index in [9.17, 15) is 0 Å². The monoisotopic (exact) mass is 140 g/mol. The molecule has 1 aliphatic heterocycles. The highest BCUT2D eigenvalue weighted by atomic mass is 16.7. The maximum Gasteiger partial charge on any atom is 0.230 e. The molecule has 0 spiro atoms. The Morgan fingerprint density at radius 1 is 1.40 bits per heavy atom. The highest BCUT2D eigenvalue weighted by molar-refractivity contribution is 5.19. The minimum atomic E-state index is 0.366. The molecule has 0 bridgehead atoms. The Morgan fingerprint density at radius 2 is 2.10 bits per heavy atom. The van der Waals surface area contributed by atoms with Crippen LogP contribution in [-0.4, -0.2) is 6.79 Å². The zero-order chi connectivity index (χ0) is 7.56. The summed E-state index contributed by atoms with van der Waals surface area (Å²) < 4.78 is 10.2. The normalized spacial score (nSPS) is 16.3. The van der Waals surface area contributed by atoms with Crippen LogP contribution in [0.5, 0.6) is 0 Å². The molecule has 1 heterocycles. The Kier molecular flexibility index (Phi) is 2.00. The van der Waals surface area contributed by atoms with Crippen LogP contribution in [0.25, 0.3) is 0 Å². The third-order valence-electron chi connectivity index (χ3n) is 1.26. The van der Waals surface area contributed by atoms with Crippen LogP contribution in [0, 0.1) is 0 Å². The molecule has 0 saturated heterocycles. The number of rotatable bonds is 1. The lowest BCUT2D eigenvalue weighted by Crippen LogP contribution is -1.81. The largest absolute Gasteiger partial charge is 0.458 e. The number of ether oxygens (including phenoxy) is 2. The Hall–Kier alpha value is -0.920.